The highest BCUT2D eigenvalue weighted by Gasteiger charge is 2.22. The lowest BCUT2D eigenvalue weighted by Crippen LogP contribution is -2.26. The Balaban J connectivity index is 1.54. The van der Waals surface area contributed by atoms with E-state index in [4.69, 9.17) is 9.97 Å². The van der Waals surface area contributed by atoms with Gasteiger partial charge in [-0.1, -0.05) is 6.07 Å². The molecule has 5 rings (SSSR count). The average molecular weight is 461 g/mol. The molecule has 1 saturated heterocycles. The molecule has 4 heterocycles. The van der Waals surface area contributed by atoms with Crippen molar-refractivity contribution in [2.24, 2.45) is 0 Å². The standard InChI is InChI=1S/C25H25FN6S/c1-31(25-30-22(16-33-25)18-4-7-20(26)8-5-18)24-21(3-2-12-27)29-23-9-6-19(15-32(23)24)17-10-13-28-14-11-17/h4-9,15-17,28H,2-3,10-11,13-14H2,1H3. The van der Waals surface area contributed by atoms with Crippen LogP contribution in [0, 0.1) is 17.1 Å². The number of anilines is 2. The van der Waals surface area contributed by atoms with Crippen molar-refractivity contribution in [2.75, 3.05) is 25.0 Å². The van der Waals surface area contributed by atoms with E-state index in [-0.39, 0.29) is 5.82 Å². The van der Waals surface area contributed by atoms with Crippen molar-refractivity contribution in [3.8, 4) is 17.3 Å². The number of halogens is 1. The number of pyridine rings is 1. The number of nitrogens with one attached hydrogen (secondary N) is 1. The van der Waals surface area contributed by atoms with Crippen LogP contribution in [0.3, 0.4) is 0 Å². The average Bonchev–Trinajstić information content (AvgIpc) is 3.48. The van der Waals surface area contributed by atoms with Crippen molar-refractivity contribution in [3.05, 3.63) is 65.0 Å². The summed E-state index contributed by atoms with van der Waals surface area (Å²) < 4.78 is 15.5. The van der Waals surface area contributed by atoms with Crippen LogP contribution in [-0.4, -0.2) is 34.5 Å². The van der Waals surface area contributed by atoms with Crippen LogP contribution in [0.1, 0.15) is 36.4 Å². The Kier molecular flexibility index (Phi) is 6.07. The lowest BCUT2D eigenvalue weighted by Gasteiger charge is -2.23. The summed E-state index contributed by atoms with van der Waals surface area (Å²) in [6.45, 7) is 2.08. The second-order valence-corrected chi connectivity index (χ2v) is 9.17. The molecule has 0 radical (unpaired) electrons. The molecule has 1 fully saturated rings. The third kappa shape index (κ3) is 4.34. The van der Waals surface area contributed by atoms with E-state index in [1.807, 2.05) is 12.4 Å². The Labute approximate surface area is 196 Å². The molecule has 1 N–H and O–H groups in total. The molecule has 0 amide bonds. The van der Waals surface area contributed by atoms with Crippen LogP contribution in [0.4, 0.5) is 15.3 Å². The largest absolute Gasteiger partial charge is 0.317 e. The van der Waals surface area contributed by atoms with Gasteiger partial charge in [0.25, 0.3) is 0 Å². The molecule has 6 nitrogen and oxygen atoms in total. The third-order valence-electron chi connectivity index (χ3n) is 6.21. The number of imidazole rings is 1. The SMILES string of the molecule is CN(c1nc(-c2ccc(F)cc2)cs1)c1c(CCC#N)nc2ccc(C3CCNCC3)cn12. The van der Waals surface area contributed by atoms with Gasteiger partial charge in [-0.2, -0.15) is 5.26 Å². The summed E-state index contributed by atoms with van der Waals surface area (Å²) in [6.07, 6.45) is 5.44. The molecule has 1 aliphatic rings. The van der Waals surface area contributed by atoms with Gasteiger partial charge in [0.05, 0.1) is 17.5 Å². The molecule has 0 atom stereocenters. The maximum absolute atomic E-state index is 13.3. The summed E-state index contributed by atoms with van der Waals surface area (Å²) in [7, 11) is 1.99. The molecule has 0 bridgehead atoms. The van der Waals surface area contributed by atoms with Crippen molar-refractivity contribution in [1.82, 2.24) is 19.7 Å². The fraction of sp³-hybridized carbons (Fsp3) is 0.320. The van der Waals surface area contributed by atoms with E-state index in [9.17, 15) is 9.65 Å². The van der Waals surface area contributed by atoms with Gasteiger partial charge >= 0.3 is 0 Å². The number of aryl methyl sites for hydroxylation is 1. The van der Waals surface area contributed by atoms with E-state index in [1.165, 1.54) is 29.0 Å². The summed E-state index contributed by atoms with van der Waals surface area (Å²) in [5, 5.41) is 15.4. The zero-order chi connectivity index (χ0) is 22.8. The van der Waals surface area contributed by atoms with Gasteiger partial charge in [-0.15, -0.1) is 11.3 Å². The molecule has 3 aromatic heterocycles. The second kappa shape index (κ2) is 9.30. The molecule has 4 aromatic rings. The van der Waals surface area contributed by atoms with Crippen molar-refractivity contribution in [3.63, 3.8) is 0 Å². The summed E-state index contributed by atoms with van der Waals surface area (Å²) in [4.78, 5) is 11.7. The number of nitriles is 1. The number of aromatic nitrogens is 3. The van der Waals surface area contributed by atoms with Crippen LogP contribution in [0.5, 0.6) is 0 Å². The minimum Gasteiger partial charge on any atom is -0.317 e. The van der Waals surface area contributed by atoms with Crippen molar-refractivity contribution < 1.29 is 4.39 Å². The molecule has 168 valence electrons. The number of thiazole rings is 1. The number of nitrogens with zero attached hydrogens (tertiary/aromatic N) is 5. The van der Waals surface area contributed by atoms with Crippen LogP contribution in [0.15, 0.2) is 48.0 Å². The molecular formula is C25H25FN6S. The molecule has 0 aliphatic carbocycles. The van der Waals surface area contributed by atoms with E-state index in [0.717, 1.165) is 59.5 Å². The van der Waals surface area contributed by atoms with Gasteiger partial charge in [-0.3, -0.25) is 4.40 Å². The van der Waals surface area contributed by atoms with Crippen molar-refractivity contribution in [2.45, 2.75) is 31.6 Å². The Bertz CT molecular complexity index is 1300. The van der Waals surface area contributed by atoms with Gasteiger partial charge in [0.1, 0.15) is 17.3 Å². The van der Waals surface area contributed by atoms with Crippen LogP contribution >= 0.6 is 11.3 Å². The summed E-state index contributed by atoms with van der Waals surface area (Å²) in [5.41, 5.74) is 4.76. The minimum atomic E-state index is -0.260. The predicted molar refractivity (Wildman–Crippen MR) is 130 cm³/mol. The first-order valence-corrected chi connectivity index (χ1v) is 12.1. The number of hydrogen-bond acceptors (Lipinski definition) is 6. The van der Waals surface area contributed by atoms with Gasteiger partial charge < -0.3 is 10.2 Å². The summed E-state index contributed by atoms with van der Waals surface area (Å²) >= 11 is 1.53. The number of fused-ring (bicyclic) bond motifs is 1. The lowest BCUT2D eigenvalue weighted by atomic mass is 9.91. The normalized spacial score (nSPS) is 14.5. The van der Waals surface area contributed by atoms with Gasteiger partial charge in [0, 0.05) is 37.0 Å². The number of hydrogen-bond donors (Lipinski definition) is 1. The third-order valence-corrected chi connectivity index (χ3v) is 7.12. The Morgan fingerprint density at radius 2 is 1.97 bits per heavy atom. The van der Waals surface area contributed by atoms with E-state index >= 15 is 0 Å². The first kappa shape index (κ1) is 21.6. The second-order valence-electron chi connectivity index (χ2n) is 8.34. The van der Waals surface area contributed by atoms with E-state index in [1.54, 1.807) is 12.1 Å². The highest BCUT2D eigenvalue weighted by Crippen LogP contribution is 2.35. The molecule has 8 heteroatoms. The van der Waals surface area contributed by atoms with E-state index < -0.39 is 0 Å². The summed E-state index contributed by atoms with van der Waals surface area (Å²) in [5.74, 6) is 1.21. The Morgan fingerprint density at radius 3 is 2.73 bits per heavy atom. The van der Waals surface area contributed by atoms with Gasteiger partial charge in [0.15, 0.2) is 5.13 Å². The number of benzene rings is 1. The van der Waals surface area contributed by atoms with Crippen LogP contribution in [0.25, 0.3) is 16.9 Å². The summed E-state index contributed by atoms with van der Waals surface area (Å²) in [6, 6.07) is 12.9. The van der Waals surface area contributed by atoms with E-state index in [2.05, 4.69) is 39.0 Å². The number of piperidine rings is 1. The smallest absolute Gasteiger partial charge is 0.191 e. The molecular weight excluding hydrogens is 435 g/mol. The first-order chi connectivity index (χ1) is 16.1. The zero-order valence-corrected chi connectivity index (χ0v) is 19.3. The van der Waals surface area contributed by atoms with Crippen molar-refractivity contribution in [1.29, 1.82) is 5.26 Å². The van der Waals surface area contributed by atoms with Gasteiger partial charge in [0.2, 0.25) is 0 Å². The topological polar surface area (TPSA) is 69.2 Å². The molecule has 0 spiro atoms. The quantitative estimate of drug-likeness (QED) is 0.424. The molecule has 1 aliphatic heterocycles. The fourth-order valence-corrected chi connectivity index (χ4v) is 5.25. The Morgan fingerprint density at radius 1 is 1.18 bits per heavy atom. The molecule has 0 saturated carbocycles. The maximum atomic E-state index is 13.3. The van der Waals surface area contributed by atoms with Crippen LogP contribution in [-0.2, 0) is 6.42 Å². The molecule has 0 unspecified atom stereocenters. The number of rotatable bonds is 6. The van der Waals surface area contributed by atoms with Gasteiger partial charge in [-0.05, 0) is 67.7 Å². The highest BCUT2D eigenvalue weighted by molar-refractivity contribution is 7.14. The van der Waals surface area contributed by atoms with Gasteiger partial charge in [-0.25, -0.2) is 14.4 Å². The fourth-order valence-electron chi connectivity index (χ4n) is 4.45. The highest BCUT2D eigenvalue weighted by atomic mass is 32.1. The zero-order valence-electron chi connectivity index (χ0n) is 18.5. The monoisotopic (exact) mass is 460 g/mol. The van der Waals surface area contributed by atoms with Crippen molar-refractivity contribution >= 4 is 27.9 Å². The van der Waals surface area contributed by atoms with Crippen LogP contribution < -0.4 is 10.2 Å². The van der Waals surface area contributed by atoms with Crippen LogP contribution in [0.2, 0.25) is 0 Å². The minimum absolute atomic E-state index is 0.260. The Hall–Kier alpha value is -3.28. The first-order valence-electron chi connectivity index (χ1n) is 11.2. The molecule has 1 aromatic carbocycles. The van der Waals surface area contributed by atoms with E-state index in [0.29, 0.717) is 18.8 Å². The maximum Gasteiger partial charge on any atom is 0.191 e. The lowest BCUT2D eigenvalue weighted by molar-refractivity contribution is 0.459. The molecule has 33 heavy (non-hydrogen) atoms. The predicted octanol–water partition coefficient (Wildman–Crippen LogP) is 5.29.